The molecule has 2 aromatic rings. The van der Waals surface area contributed by atoms with Crippen molar-refractivity contribution in [1.82, 2.24) is 4.31 Å². The average molecular weight is 450 g/mol. The van der Waals surface area contributed by atoms with E-state index in [1.807, 2.05) is 0 Å². The van der Waals surface area contributed by atoms with Crippen molar-refractivity contribution in [3.63, 3.8) is 0 Å². The largest absolute Gasteiger partial charge is 0.452 e. The summed E-state index contributed by atoms with van der Waals surface area (Å²) in [7, 11) is -3.82. The highest BCUT2D eigenvalue weighted by molar-refractivity contribution is 7.89. The number of esters is 1. The Labute approximate surface area is 180 Å². The van der Waals surface area contributed by atoms with E-state index in [4.69, 9.17) is 9.47 Å². The molecule has 2 atom stereocenters. The summed E-state index contributed by atoms with van der Waals surface area (Å²) in [5, 5.41) is 2.47. The highest BCUT2D eigenvalue weighted by Gasteiger charge is 2.32. The van der Waals surface area contributed by atoms with Crippen LogP contribution >= 0.6 is 0 Å². The molecule has 0 radical (unpaired) electrons. The number of carbonyl (C=O) groups excluding carboxylic acids is 2. The molecule has 2 aromatic carbocycles. The molecule has 31 heavy (non-hydrogen) atoms. The van der Waals surface area contributed by atoms with Crippen molar-refractivity contribution in [1.29, 1.82) is 0 Å². The van der Waals surface area contributed by atoms with Gasteiger partial charge in [0.25, 0.3) is 5.91 Å². The zero-order chi connectivity index (χ0) is 22.6. The fourth-order valence-electron chi connectivity index (χ4n) is 3.20. The van der Waals surface area contributed by atoms with Gasteiger partial charge in [-0.3, -0.25) is 4.79 Å². The molecule has 8 nitrogen and oxygen atoms in total. The molecule has 1 N–H and O–H groups in total. The van der Waals surface area contributed by atoms with Gasteiger partial charge < -0.3 is 14.8 Å². The molecule has 1 fully saturated rings. The molecular weight excluding hydrogens is 427 g/mol. The van der Waals surface area contributed by atoms with Crippen LogP contribution in [0.15, 0.2) is 53.4 Å². The van der Waals surface area contributed by atoms with Crippen LogP contribution in [0.1, 0.15) is 24.2 Å². The molecule has 1 amide bonds. The van der Waals surface area contributed by atoms with Gasteiger partial charge in [0.2, 0.25) is 10.0 Å². The second-order valence-electron chi connectivity index (χ2n) is 7.24. The molecule has 3 rings (SSSR count). The van der Waals surface area contributed by atoms with E-state index in [1.165, 1.54) is 52.8 Å². The Hall–Kier alpha value is -2.82. The Morgan fingerprint density at radius 3 is 2.42 bits per heavy atom. The molecule has 1 aliphatic heterocycles. The lowest BCUT2D eigenvalue weighted by Gasteiger charge is -2.34. The number of hydrogen-bond acceptors (Lipinski definition) is 6. The van der Waals surface area contributed by atoms with Crippen molar-refractivity contribution < 1.29 is 31.9 Å². The molecule has 10 heteroatoms. The summed E-state index contributed by atoms with van der Waals surface area (Å²) in [6, 6.07) is 10.6. The quantitative estimate of drug-likeness (QED) is 0.679. The summed E-state index contributed by atoms with van der Waals surface area (Å²) in [5.74, 6) is -1.89. The van der Waals surface area contributed by atoms with E-state index in [1.54, 1.807) is 13.8 Å². The van der Waals surface area contributed by atoms with Crippen molar-refractivity contribution in [3.05, 3.63) is 59.9 Å². The fraction of sp³-hybridized carbons (Fsp3) is 0.333. The number of carbonyl (C=O) groups is 2. The number of sulfonamides is 1. The number of hydrogen-bond donors (Lipinski definition) is 1. The molecule has 0 spiro atoms. The normalized spacial score (nSPS) is 19.6. The van der Waals surface area contributed by atoms with Gasteiger partial charge in [-0.25, -0.2) is 17.6 Å². The van der Waals surface area contributed by atoms with Gasteiger partial charge in [-0.15, -0.1) is 0 Å². The van der Waals surface area contributed by atoms with Crippen molar-refractivity contribution >= 4 is 27.6 Å². The number of nitrogens with zero attached hydrogens (tertiary/aromatic N) is 1. The first-order valence-corrected chi connectivity index (χ1v) is 11.1. The number of halogens is 1. The number of morpholine rings is 1. The predicted molar refractivity (Wildman–Crippen MR) is 111 cm³/mol. The third kappa shape index (κ3) is 5.87. The van der Waals surface area contributed by atoms with Crippen LogP contribution in [0.2, 0.25) is 0 Å². The van der Waals surface area contributed by atoms with Gasteiger partial charge in [-0.05, 0) is 56.3 Å². The molecule has 2 unspecified atom stereocenters. The molecular formula is C21H23FN2O6S. The zero-order valence-corrected chi connectivity index (χ0v) is 17.9. The Morgan fingerprint density at radius 1 is 1.13 bits per heavy atom. The first-order chi connectivity index (χ1) is 14.6. The van der Waals surface area contributed by atoms with Crippen molar-refractivity contribution in [2.45, 2.75) is 31.0 Å². The zero-order valence-electron chi connectivity index (χ0n) is 17.1. The number of rotatable bonds is 6. The number of ether oxygens (including phenoxy) is 2. The topological polar surface area (TPSA) is 102 Å². The molecule has 1 heterocycles. The van der Waals surface area contributed by atoms with E-state index >= 15 is 0 Å². The lowest BCUT2D eigenvalue weighted by Crippen LogP contribution is -2.48. The summed E-state index contributed by atoms with van der Waals surface area (Å²) in [4.78, 5) is 24.2. The maximum atomic E-state index is 13.0. The number of amides is 1. The van der Waals surface area contributed by atoms with E-state index < -0.39 is 34.3 Å². The average Bonchev–Trinajstić information content (AvgIpc) is 2.73. The van der Waals surface area contributed by atoms with Gasteiger partial charge in [-0.2, -0.15) is 4.31 Å². The molecule has 0 aromatic heterocycles. The monoisotopic (exact) mass is 450 g/mol. The standard InChI is InChI=1S/C21H23FN2O6S/c1-14-11-24(12-15(2)30-14)31(27,28)19-5-3-4-16(10-19)21(26)29-13-20(25)23-18-8-6-17(22)7-9-18/h3-10,14-15H,11-13H2,1-2H3,(H,23,25). The van der Waals surface area contributed by atoms with E-state index in [0.717, 1.165) is 0 Å². The van der Waals surface area contributed by atoms with Crippen molar-refractivity contribution in [3.8, 4) is 0 Å². The van der Waals surface area contributed by atoms with Gasteiger partial charge in [-0.1, -0.05) is 6.07 Å². The maximum Gasteiger partial charge on any atom is 0.338 e. The lowest BCUT2D eigenvalue weighted by atomic mass is 10.2. The molecule has 0 bridgehead atoms. The number of nitrogens with one attached hydrogen (secondary N) is 1. The van der Waals surface area contributed by atoms with Crippen molar-refractivity contribution in [2.75, 3.05) is 25.0 Å². The third-order valence-electron chi connectivity index (χ3n) is 4.56. The summed E-state index contributed by atoms with van der Waals surface area (Å²) in [6.45, 7) is 3.44. The maximum absolute atomic E-state index is 13.0. The highest BCUT2D eigenvalue weighted by atomic mass is 32.2. The molecule has 0 aliphatic carbocycles. The lowest BCUT2D eigenvalue weighted by molar-refractivity contribution is -0.119. The van der Waals surface area contributed by atoms with Crippen LogP contribution in [0.3, 0.4) is 0 Å². The third-order valence-corrected chi connectivity index (χ3v) is 6.38. The minimum atomic E-state index is -3.82. The molecule has 1 aliphatic rings. The van der Waals surface area contributed by atoms with Gasteiger partial charge in [0, 0.05) is 18.8 Å². The minimum absolute atomic E-state index is 0.00464. The van der Waals surface area contributed by atoms with Gasteiger partial charge in [0.1, 0.15) is 5.82 Å². The number of benzene rings is 2. The second kappa shape index (κ2) is 9.54. The van der Waals surface area contributed by atoms with E-state index in [-0.39, 0.29) is 35.8 Å². The fourth-order valence-corrected chi connectivity index (χ4v) is 4.84. The van der Waals surface area contributed by atoms with Crippen LogP contribution in [0, 0.1) is 5.82 Å². The molecule has 1 saturated heterocycles. The Morgan fingerprint density at radius 2 is 1.77 bits per heavy atom. The summed E-state index contributed by atoms with van der Waals surface area (Å²) < 4.78 is 50.7. The summed E-state index contributed by atoms with van der Waals surface area (Å²) in [5.41, 5.74) is 0.356. The van der Waals surface area contributed by atoms with Gasteiger partial charge in [0.05, 0.1) is 22.7 Å². The Balaban J connectivity index is 1.64. The highest BCUT2D eigenvalue weighted by Crippen LogP contribution is 2.22. The van der Waals surface area contributed by atoms with Crippen LogP contribution in [-0.4, -0.2) is 56.5 Å². The van der Waals surface area contributed by atoms with Gasteiger partial charge >= 0.3 is 5.97 Å². The second-order valence-corrected chi connectivity index (χ2v) is 9.18. The van der Waals surface area contributed by atoms with E-state index in [0.29, 0.717) is 5.69 Å². The summed E-state index contributed by atoms with van der Waals surface area (Å²) >= 11 is 0. The Bertz CT molecular complexity index is 1050. The van der Waals surface area contributed by atoms with E-state index in [9.17, 15) is 22.4 Å². The minimum Gasteiger partial charge on any atom is -0.452 e. The van der Waals surface area contributed by atoms with Crippen LogP contribution < -0.4 is 5.32 Å². The summed E-state index contributed by atoms with van der Waals surface area (Å²) in [6.07, 6.45) is -0.488. The SMILES string of the molecule is CC1CN(S(=O)(=O)c2cccc(C(=O)OCC(=O)Nc3ccc(F)cc3)c2)CC(C)O1. The molecule has 0 saturated carbocycles. The Kier molecular flexibility index (Phi) is 7.04. The van der Waals surface area contributed by atoms with Crippen LogP contribution in [-0.2, 0) is 24.3 Å². The van der Waals surface area contributed by atoms with E-state index in [2.05, 4.69) is 5.32 Å². The first kappa shape index (κ1) is 22.9. The molecule has 166 valence electrons. The number of anilines is 1. The van der Waals surface area contributed by atoms with Crippen molar-refractivity contribution in [2.24, 2.45) is 0 Å². The van der Waals surface area contributed by atoms with Gasteiger partial charge in [0.15, 0.2) is 6.61 Å². The van der Waals surface area contributed by atoms with Crippen LogP contribution in [0.4, 0.5) is 10.1 Å². The predicted octanol–water partition coefficient (Wildman–Crippen LogP) is 2.42. The first-order valence-electron chi connectivity index (χ1n) is 9.63. The van der Waals surface area contributed by atoms with Crippen LogP contribution in [0.25, 0.3) is 0 Å². The smallest absolute Gasteiger partial charge is 0.338 e. The van der Waals surface area contributed by atoms with Crippen LogP contribution in [0.5, 0.6) is 0 Å².